The summed E-state index contributed by atoms with van der Waals surface area (Å²) < 4.78 is 0. The Morgan fingerprint density at radius 2 is 1.83 bits per heavy atom. The number of urea groups is 1. The number of hydrogen-bond acceptors (Lipinski definition) is 4. The van der Waals surface area contributed by atoms with Crippen molar-refractivity contribution in [2.45, 2.75) is 12.8 Å². The first-order valence-corrected chi connectivity index (χ1v) is 10.3. The molecule has 0 saturated carbocycles. The van der Waals surface area contributed by atoms with E-state index in [-0.39, 0.29) is 11.9 Å². The predicted molar refractivity (Wildman–Crippen MR) is 118 cm³/mol. The summed E-state index contributed by atoms with van der Waals surface area (Å²) in [4.78, 5) is 33.9. The maximum absolute atomic E-state index is 13.3. The van der Waals surface area contributed by atoms with E-state index < -0.39 is 0 Å². The average molecular weight is 401 g/mol. The van der Waals surface area contributed by atoms with Gasteiger partial charge in [0.05, 0.1) is 11.1 Å². The van der Waals surface area contributed by atoms with Crippen LogP contribution in [0.25, 0.3) is 10.9 Å². The van der Waals surface area contributed by atoms with Crippen molar-refractivity contribution >= 4 is 40.0 Å². The van der Waals surface area contributed by atoms with Crippen LogP contribution in [0.4, 0.5) is 22.0 Å². The van der Waals surface area contributed by atoms with E-state index in [1.807, 2.05) is 54.6 Å². The van der Waals surface area contributed by atoms with E-state index in [0.717, 1.165) is 48.3 Å². The number of hydrogen-bond donors (Lipinski definition) is 2. The minimum absolute atomic E-state index is 0.117. The molecule has 2 fully saturated rings. The van der Waals surface area contributed by atoms with E-state index in [2.05, 4.69) is 15.5 Å². The van der Waals surface area contributed by atoms with E-state index in [1.54, 1.807) is 4.90 Å². The Hall–Kier alpha value is -3.61. The molecular formula is C23H23N5O2. The van der Waals surface area contributed by atoms with Crippen molar-refractivity contribution < 1.29 is 9.59 Å². The maximum Gasteiger partial charge on any atom is 0.321 e. The van der Waals surface area contributed by atoms with Crippen LogP contribution in [-0.2, 0) is 0 Å². The highest BCUT2D eigenvalue weighted by Gasteiger charge is 2.24. The summed E-state index contributed by atoms with van der Waals surface area (Å²) in [6.45, 7) is 3.05. The zero-order valence-electron chi connectivity index (χ0n) is 16.6. The fourth-order valence-corrected chi connectivity index (χ4v) is 4.11. The van der Waals surface area contributed by atoms with Crippen molar-refractivity contribution in [2.24, 2.45) is 0 Å². The van der Waals surface area contributed by atoms with Crippen LogP contribution in [0, 0.1) is 0 Å². The van der Waals surface area contributed by atoms with Crippen molar-refractivity contribution in [1.82, 2.24) is 10.3 Å². The van der Waals surface area contributed by atoms with Crippen LogP contribution in [0.15, 0.2) is 54.6 Å². The van der Waals surface area contributed by atoms with Gasteiger partial charge >= 0.3 is 6.03 Å². The van der Waals surface area contributed by atoms with E-state index >= 15 is 0 Å². The van der Waals surface area contributed by atoms with Gasteiger partial charge in [0.1, 0.15) is 5.82 Å². The second-order valence-corrected chi connectivity index (χ2v) is 7.63. The van der Waals surface area contributed by atoms with Gasteiger partial charge in [0, 0.05) is 42.9 Å². The highest BCUT2D eigenvalue weighted by atomic mass is 16.2. The number of rotatable bonds is 4. The monoisotopic (exact) mass is 401 g/mol. The number of anilines is 3. The molecule has 3 heterocycles. The Morgan fingerprint density at radius 3 is 2.63 bits per heavy atom. The number of pyridine rings is 1. The highest BCUT2D eigenvalue weighted by molar-refractivity contribution is 6.10. The molecule has 2 N–H and O–H groups in total. The summed E-state index contributed by atoms with van der Waals surface area (Å²) in [5.74, 6) is 0.539. The Balaban J connectivity index is 1.47. The maximum atomic E-state index is 13.3. The normalized spacial score (nSPS) is 16.2. The van der Waals surface area contributed by atoms with Crippen molar-refractivity contribution in [1.29, 1.82) is 0 Å². The molecule has 0 atom stereocenters. The third-order valence-electron chi connectivity index (χ3n) is 5.63. The Labute approximate surface area is 174 Å². The van der Waals surface area contributed by atoms with Crippen LogP contribution < -0.4 is 20.4 Å². The standard InChI is InChI=1S/C23H23N5O2/c29-22(25-17-7-5-8-18(15-17)28-13-10-24-23(28)30)19-14-16-6-1-2-9-20(16)26-21(19)27-11-3-4-12-27/h1-2,5-9,14-15H,3-4,10-13H2,(H,24,30)(H,25,29). The third-order valence-corrected chi connectivity index (χ3v) is 5.63. The van der Waals surface area contributed by atoms with Crippen molar-refractivity contribution in [3.63, 3.8) is 0 Å². The molecule has 2 aromatic carbocycles. The second-order valence-electron chi connectivity index (χ2n) is 7.63. The molecule has 7 nitrogen and oxygen atoms in total. The summed E-state index contributed by atoms with van der Waals surface area (Å²) in [5.41, 5.74) is 2.87. The van der Waals surface area contributed by atoms with Crippen LogP contribution in [0.1, 0.15) is 23.2 Å². The molecule has 5 rings (SSSR count). The molecule has 0 aliphatic carbocycles. The number of fused-ring (bicyclic) bond motifs is 1. The molecule has 2 aliphatic rings. The van der Waals surface area contributed by atoms with Gasteiger partial charge in [-0.25, -0.2) is 9.78 Å². The molecule has 3 amide bonds. The van der Waals surface area contributed by atoms with Crippen molar-refractivity contribution in [3.8, 4) is 0 Å². The zero-order chi connectivity index (χ0) is 20.5. The van der Waals surface area contributed by atoms with Gasteiger partial charge in [-0.05, 0) is 43.2 Å². The Kier molecular flexibility index (Phi) is 4.71. The fraction of sp³-hybridized carbons (Fsp3) is 0.261. The molecular weight excluding hydrogens is 378 g/mol. The summed E-state index contributed by atoms with van der Waals surface area (Å²) in [6, 6.07) is 17.0. The number of benzene rings is 2. The van der Waals surface area contributed by atoms with Crippen molar-refractivity contribution in [3.05, 3.63) is 60.2 Å². The minimum Gasteiger partial charge on any atom is -0.356 e. The van der Waals surface area contributed by atoms with Crippen LogP contribution in [0.3, 0.4) is 0 Å². The van der Waals surface area contributed by atoms with Crippen molar-refractivity contribution in [2.75, 3.05) is 41.3 Å². The van der Waals surface area contributed by atoms with Crippen LogP contribution in [0.2, 0.25) is 0 Å². The fourth-order valence-electron chi connectivity index (χ4n) is 4.11. The number of para-hydroxylation sites is 1. The molecule has 1 aromatic heterocycles. The van der Waals surface area contributed by atoms with Gasteiger partial charge in [-0.15, -0.1) is 0 Å². The number of nitrogens with one attached hydrogen (secondary N) is 2. The third kappa shape index (κ3) is 3.43. The molecule has 152 valence electrons. The van der Waals surface area contributed by atoms with E-state index in [1.165, 1.54) is 0 Å². The number of carbonyl (C=O) groups is 2. The number of amides is 3. The average Bonchev–Trinajstić information content (AvgIpc) is 3.45. The van der Waals surface area contributed by atoms with Gasteiger partial charge in [-0.2, -0.15) is 0 Å². The number of carbonyl (C=O) groups excluding carboxylic acids is 2. The molecule has 0 spiro atoms. The van der Waals surface area contributed by atoms with Gasteiger partial charge in [-0.1, -0.05) is 24.3 Å². The lowest BCUT2D eigenvalue weighted by Crippen LogP contribution is -2.27. The van der Waals surface area contributed by atoms with Gasteiger partial charge in [-0.3, -0.25) is 9.69 Å². The largest absolute Gasteiger partial charge is 0.356 e. The van der Waals surface area contributed by atoms with E-state index in [0.29, 0.717) is 24.3 Å². The quantitative estimate of drug-likeness (QED) is 0.700. The molecule has 3 aromatic rings. The lowest BCUT2D eigenvalue weighted by molar-refractivity contribution is 0.102. The van der Waals surface area contributed by atoms with Crippen LogP contribution >= 0.6 is 0 Å². The van der Waals surface area contributed by atoms with Gasteiger partial charge in [0.15, 0.2) is 0 Å². The highest BCUT2D eigenvalue weighted by Crippen LogP contribution is 2.28. The Morgan fingerprint density at radius 1 is 1.00 bits per heavy atom. The van der Waals surface area contributed by atoms with E-state index in [4.69, 9.17) is 4.98 Å². The van der Waals surface area contributed by atoms with Gasteiger partial charge in [0.25, 0.3) is 5.91 Å². The van der Waals surface area contributed by atoms with Crippen LogP contribution in [-0.4, -0.2) is 43.1 Å². The summed E-state index contributed by atoms with van der Waals surface area (Å²) >= 11 is 0. The second kappa shape index (κ2) is 7.67. The number of nitrogens with zero attached hydrogens (tertiary/aromatic N) is 3. The molecule has 30 heavy (non-hydrogen) atoms. The first kappa shape index (κ1) is 18.4. The Bertz CT molecular complexity index is 1120. The predicted octanol–water partition coefficient (Wildman–Crippen LogP) is 3.62. The molecule has 0 bridgehead atoms. The minimum atomic E-state index is -0.196. The summed E-state index contributed by atoms with van der Waals surface area (Å²) in [5, 5.41) is 6.74. The molecule has 2 saturated heterocycles. The lowest BCUT2D eigenvalue weighted by Gasteiger charge is -2.21. The van der Waals surface area contributed by atoms with Crippen LogP contribution in [0.5, 0.6) is 0 Å². The smallest absolute Gasteiger partial charge is 0.321 e. The lowest BCUT2D eigenvalue weighted by atomic mass is 10.1. The first-order chi connectivity index (χ1) is 14.7. The molecule has 0 unspecified atom stereocenters. The van der Waals surface area contributed by atoms with Gasteiger partial charge in [0.2, 0.25) is 0 Å². The summed E-state index contributed by atoms with van der Waals surface area (Å²) in [7, 11) is 0. The molecule has 7 heteroatoms. The topological polar surface area (TPSA) is 77.6 Å². The zero-order valence-corrected chi connectivity index (χ0v) is 16.6. The molecule has 2 aliphatic heterocycles. The van der Waals surface area contributed by atoms with Gasteiger partial charge < -0.3 is 15.5 Å². The van der Waals surface area contributed by atoms with E-state index in [9.17, 15) is 9.59 Å². The SMILES string of the molecule is O=C(Nc1cccc(N2CCNC2=O)c1)c1cc2ccccc2nc1N1CCCC1. The molecule has 0 radical (unpaired) electrons. The number of aromatic nitrogens is 1. The summed E-state index contributed by atoms with van der Waals surface area (Å²) in [6.07, 6.45) is 2.21. The first-order valence-electron chi connectivity index (χ1n) is 10.3.